The van der Waals surface area contributed by atoms with Crippen molar-refractivity contribution >= 4 is 27.5 Å². The first-order chi connectivity index (χ1) is 12.1. The minimum Gasteiger partial charge on any atom is -0.467 e. The summed E-state index contributed by atoms with van der Waals surface area (Å²) in [6.45, 7) is 0.312. The van der Waals surface area contributed by atoms with Gasteiger partial charge in [0.25, 0.3) is 5.91 Å². The number of benzene rings is 2. The molecule has 1 N–H and O–H groups in total. The Morgan fingerprint density at radius 2 is 2.00 bits per heavy atom. The van der Waals surface area contributed by atoms with Gasteiger partial charge in [-0.05, 0) is 57.9 Å². The molecule has 1 aliphatic heterocycles. The molecule has 4 nitrogen and oxygen atoms in total. The number of furan rings is 1. The molecule has 126 valence electrons. The van der Waals surface area contributed by atoms with E-state index in [1.807, 2.05) is 24.3 Å². The van der Waals surface area contributed by atoms with Crippen LogP contribution < -0.4 is 5.32 Å². The fourth-order valence-electron chi connectivity index (χ4n) is 2.97. The van der Waals surface area contributed by atoms with Crippen LogP contribution in [-0.2, 0) is 6.54 Å². The Morgan fingerprint density at radius 1 is 1.16 bits per heavy atom. The van der Waals surface area contributed by atoms with Gasteiger partial charge in [0, 0.05) is 5.69 Å². The molecule has 0 bridgehead atoms. The molecule has 2 aromatic carbocycles. The van der Waals surface area contributed by atoms with Crippen LogP contribution in [0.4, 0.5) is 10.1 Å². The molecule has 0 unspecified atom stereocenters. The number of halogens is 2. The van der Waals surface area contributed by atoms with Crippen LogP contribution in [-0.4, -0.2) is 10.8 Å². The molecule has 0 aliphatic carbocycles. The van der Waals surface area contributed by atoms with E-state index < -0.39 is 6.17 Å². The molecule has 1 aliphatic rings. The maximum absolute atomic E-state index is 13.6. The number of fused-ring (bicyclic) bond motifs is 1. The smallest absolute Gasteiger partial charge is 0.258 e. The van der Waals surface area contributed by atoms with Crippen molar-refractivity contribution in [1.29, 1.82) is 0 Å². The average molecular weight is 401 g/mol. The van der Waals surface area contributed by atoms with Crippen LogP contribution >= 0.6 is 15.9 Å². The number of carbonyl (C=O) groups is 1. The normalized spacial score (nSPS) is 16.5. The van der Waals surface area contributed by atoms with Crippen LogP contribution in [0.2, 0.25) is 0 Å². The zero-order chi connectivity index (χ0) is 17.4. The number of rotatable bonds is 3. The molecule has 1 atom stereocenters. The molecule has 0 saturated heterocycles. The van der Waals surface area contributed by atoms with Crippen LogP contribution in [0, 0.1) is 5.82 Å². The summed E-state index contributed by atoms with van der Waals surface area (Å²) >= 11 is 3.22. The molecule has 4 rings (SSSR count). The SMILES string of the molecule is O=C1c2ccccc2N[C@H](c2ccc(F)c(Br)c2)N1Cc1ccco1. The molecule has 25 heavy (non-hydrogen) atoms. The van der Waals surface area contributed by atoms with E-state index in [0.29, 0.717) is 22.3 Å². The molecule has 0 saturated carbocycles. The number of nitrogens with zero attached hydrogens (tertiary/aromatic N) is 1. The highest BCUT2D eigenvalue weighted by Gasteiger charge is 2.33. The number of carbonyl (C=O) groups excluding carboxylic acids is 1. The van der Waals surface area contributed by atoms with Crippen molar-refractivity contribution in [2.24, 2.45) is 0 Å². The number of amides is 1. The second kappa shape index (κ2) is 6.37. The maximum atomic E-state index is 13.6. The van der Waals surface area contributed by atoms with E-state index in [-0.39, 0.29) is 11.7 Å². The molecule has 6 heteroatoms. The minimum atomic E-state index is -0.426. The summed E-state index contributed by atoms with van der Waals surface area (Å²) in [5, 5.41) is 3.37. The van der Waals surface area contributed by atoms with Crippen molar-refractivity contribution in [3.05, 3.63) is 88.0 Å². The Balaban J connectivity index is 1.78. The van der Waals surface area contributed by atoms with Crippen LogP contribution in [0.5, 0.6) is 0 Å². The predicted octanol–water partition coefficient (Wildman–Crippen LogP) is 4.95. The summed E-state index contributed by atoms with van der Waals surface area (Å²) in [4.78, 5) is 14.7. The summed E-state index contributed by atoms with van der Waals surface area (Å²) in [5.74, 6) is 0.237. The third kappa shape index (κ3) is 2.93. The molecule has 1 amide bonds. The van der Waals surface area contributed by atoms with Crippen molar-refractivity contribution < 1.29 is 13.6 Å². The second-order valence-electron chi connectivity index (χ2n) is 5.78. The van der Waals surface area contributed by atoms with Gasteiger partial charge in [-0.25, -0.2) is 4.39 Å². The Morgan fingerprint density at radius 3 is 2.76 bits per heavy atom. The van der Waals surface area contributed by atoms with E-state index >= 15 is 0 Å². The lowest BCUT2D eigenvalue weighted by Gasteiger charge is -2.37. The second-order valence-corrected chi connectivity index (χ2v) is 6.63. The summed E-state index contributed by atoms with van der Waals surface area (Å²) in [6, 6.07) is 15.7. The lowest BCUT2D eigenvalue weighted by atomic mass is 10.0. The number of para-hydroxylation sites is 1. The molecule has 0 spiro atoms. The van der Waals surface area contributed by atoms with Gasteiger partial charge in [-0.3, -0.25) is 4.79 Å². The van der Waals surface area contributed by atoms with Crippen molar-refractivity contribution in [1.82, 2.24) is 4.90 Å². The number of anilines is 1. The fourth-order valence-corrected chi connectivity index (χ4v) is 3.37. The van der Waals surface area contributed by atoms with E-state index in [2.05, 4.69) is 21.2 Å². The van der Waals surface area contributed by atoms with Crippen molar-refractivity contribution in [3.63, 3.8) is 0 Å². The van der Waals surface area contributed by atoms with Gasteiger partial charge in [0.15, 0.2) is 0 Å². The Hall–Kier alpha value is -2.60. The van der Waals surface area contributed by atoms with E-state index in [1.165, 1.54) is 6.07 Å². The van der Waals surface area contributed by atoms with E-state index in [1.54, 1.807) is 35.4 Å². The highest BCUT2D eigenvalue weighted by molar-refractivity contribution is 9.10. The molecule has 2 heterocycles. The van der Waals surface area contributed by atoms with Crippen molar-refractivity contribution in [3.8, 4) is 0 Å². The van der Waals surface area contributed by atoms with Gasteiger partial charge < -0.3 is 14.6 Å². The van der Waals surface area contributed by atoms with Gasteiger partial charge in [0.05, 0.1) is 22.8 Å². The standard InChI is InChI=1S/C19H14BrFN2O2/c20-15-10-12(7-8-16(15)21)18-22-17-6-2-1-5-14(17)19(24)23(18)11-13-4-3-9-25-13/h1-10,18,22H,11H2/t18-/m0/s1. The van der Waals surface area contributed by atoms with Crippen LogP contribution in [0.15, 0.2) is 69.8 Å². The van der Waals surface area contributed by atoms with Gasteiger partial charge in [0.2, 0.25) is 0 Å². The first-order valence-electron chi connectivity index (χ1n) is 7.77. The fraction of sp³-hybridized carbons (Fsp3) is 0.105. The molecule has 3 aromatic rings. The monoisotopic (exact) mass is 400 g/mol. The third-order valence-corrected chi connectivity index (χ3v) is 4.80. The first kappa shape index (κ1) is 15.9. The minimum absolute atomic E-state index is 0.101. The zero-order valence-electron chi connectivity index (χ0n) is 13.1. The van der Waals surface area contributed by atoms with Crippen LogP contribution in [0.25, 0.3) is 0 Å². The predicted molar refractivity (Wildman–Crippen MR) is 95.5 cm³/mol. The number of hydrogen-bond donors (Lipinski definition) is 1. The summed E-state index contributed by atoms with van der Waals surface area (Å²) in [7, 11) is 0. The van der Waals surface area contributed by atoms with Gasteiger partial charge in [-0.15, -0.1) is 0 Å². The highest BCUT2D eigenvalue weighted by atomic mass is 79.9. The molecule has 0 fully saturated rings. The van der Waals surface area contributed by atoms with Gasteiger partial charge in [0.1, 0.15) is 17.7 Å². The van der Waals surface area contributed by atoms with E-state index in [9.17, 15) is 9.18 Å². The lowest BCUT2D eigenvalue weighted by Crippen LogP contribution is -2.42. The lowest BCUT2D eigenvalue weighted by molar-refractivity contribution is 0.0651. The van der Waals surface area contributed by atoms with Crippen LogP contribution in [0.1, 0.15) is 27.8 Å². The largest absolute Gasteiger partial charge is 0.467 e. The van der Waals surface area contributed by atoms with Gasteiger partial charge in [-0.1, -0.05) is 18.2 Å². The molecule has 0 radical (unpaired) electrons. The third-order valence-electron chi connectivity index (χ3n) is 4.19. The first-order valence-corrected chi connectivity index (χ1v) is 8.56. The van der Waals surface area contributed by atoms with E-state index in [4.69, 9.17) is 4.42 Å². The summed E-state index contributed by atoms with van der Waals surface area (Å²) in [6.07, 6.45) is 1.15. The summed E-state index contributed by atoms with van der Waals surface area (Å²) in [5.41, 5.74) is 2.14. The Labute approximate surface area is 152 Å². The Bertz CT molecular complexity index is 927. The van der Waals surface area contributed by atoms with Gasteiger partial charge >= 0.3 is 0 Å². The topological polar surface area (TPSA) is 45.5 Å². The molecular formula is C19H14BrFN2O2. The van der Waals surface area contributed by atoms with Crippen LogP contribution in [0.3, 0.4) is 0 Å². The summed E-state index contributed by atoms with van der Waals surface area (Å²) < 4.78 is 19.4. The van der Waals surface area contributed by atoms with Crippen molar-refractivity contribution in [2.45, 2.75) is 12.7 Å². The average Bonchev–Trinajstić information content (AvgIpc) is 3.13. The molecule has 1 aromatic heterocycles. The number of nitrogens with one attached hydrogen (secondary N) is 1. The Kier molecular flexibility index (Phi) is 4.05. The quantitative estimate of drug-likeness (QED) is 0.676. The van der Waals surface area contributed by atoms with Gasteiger partial charge in [-0.2, -0.15) is 0 Å². The maximum Gasteiger partial charge on any atom is 0.258 e. The highest BCUT2D eigenvalue weighted by Crippen LogP contribution is 2.35. The van der Waals surface area contributed by atoms with Crippen molar-refractivity contribution in [2.75, 3.05) is 5.32 Å². The van der Waals surface area contributed by atoms with E-state index in [0.717, 1.165) is 11.3 Å². The zero-order valence-corrected chi connectivity index (χ0v) is 14.7. The number of hydrogen-bond acceptors (Lipinski definition) is 3. The molecular weight excluding hydrogens is 387 g/mol.